The summed E-state index contributed by atoms with van der Waals surface area (Å²) in [6, 6.07) is 4.69. The second-order valence-electron chi connectivity index (χ2n) is 7.59. The van der Waals surface area contributed by atoms with Crippen molar-refractivity contribution in [1.82, 2.24) is 9.55 Å². The smallest absolute Gasteiger partial charge is 0.361 e. The SMILES string of the molecule is C[Si](C)CCOCn1c(CC2CC(C=O)C2)nc2cc(C(F)(F)F)ccc21. The van der Waals surface area contributed by atoms with Crippen LogP contribution < -0.4 is 0 Å². The van der Waals surface area contributed by atoms with Crippen LogP contribution in [0.25, 0.3) is 11.0 Å². The number of hydrogen-bond acceptors (Lipinski definition) is 3. The number of ether oxygens (including phenoxy) is 1. The molecule has 4 nitrogen and oxygen atoms in total. The maximum atomic E-state index is 13.0. The summed E-state index contributed by atoms with van der Waals surface area (Å²) >= 11 is 0. The number of carbonyl (C=O) groups is 1. The zero-order valence-electron chi connectivity index (χ0n) is 15.6. The van der Waals surface area contributed by atoms with Gasteiger partial charge in [-0.2, -0.15) is 13.2 Å². The van der Waals surface area contributed by atoms with Crippen LogP contribution in [-0.2, 0) is 28.9 Å². The summed E-state index contributed by atoms with van der Waals surface area (Å²) in [4.78, 5) is 15.3. The van der Waals surface area contributed by atoms with Crippen LogP contribution in [0.5, 0.6) is 0 Å². The van der Waals surface area contributed by atoms with E-state index in [0.29, 0.717) is 30.0 Å². The minimum atomic E-state index is -4.39. The summed E-state index contributed by atoms with van der Waals surface area (Å²) < 4.78 is 46.7. The number of alkyl halides is 3. The molecule has 1 aliphatic rings. The quantitative estimate of drug-likeness (QED) is 0.373. The minimum Gasteiger partial charge on any atom is -0.361 e. The Morgan fingerprint density at radius 3 is 2.70 bits per heavy atom. The molecule has 0 saturated heterocycles. The van der Waals surface area contributed by atoms with Crippen LogP contribution >= 0.6 is 0 Å². The molecule has 1 aromatic carbocycles. The monoisotopic (exact) mass is 397 g/mol. The number of fused-ring (bicyclic) bond motifs is 1. The number of nitrogens with zero attached hydrogens (tertiary/aromatic N) is 2. The zero-order chi connectivity index (χ0) is 19.6. The Hall–Kier alpha value is -1.67. The molecule has 27 heavy (non-hydrogen) atoms. The molecule has 3 rings (SSSR count). The van der Waals surface area contributed by atoms with Crippen LogP contribution in [0, 0.1) is 11.8 Å². The van der Waals surface area contributed by atoms with Crippen molar-refractivity contribution in [2.75, 3.05) is 6.61 Å². The topological polar surface area (TPSA) is 44.1 Å². The molecule has 8 heteroatoms. The Labute approximate surface area is 158 Å². The van der Waals surface area contributed by atoms with Gasteiger partial charge in [0.05, 0.1) is 16.6 Å². The highest BCUT2D eigenvalue weighted by Crippen LogP contribution is 2.36. The summed E-state index contributed by atoms with van der Waals surface area (Å²) in [7, 11) is -0.379. The van der Waals surface area contributed by atoms with E-state index in [0.717, 1.165) is 43.1 Å². The van der Waals surface area contributed by atoms with Crippen molar-refractivity contribution < 1.29 is 22.7 Å². The van der Waals surface area contributed by atoms with Gasteiger partial charge >= 0.3 is 6.18 Å². The fourth-order valence-corrected chi connectivity index (χ4v) is 3.96. The Balaban J connectivity index is 1.83. The first-order chi connectivity index (χ1) is 12.8. The highest BCUT2D eigenvalue weighted by molar-refractivity contribution is 6.55. The van der Waals surface area contributed by atoms with E-state index < -0.39 is 11.7 Å². The van der Waals surface area contributed by atoms with E-state index in [1.165, 1.54) is 6.07 Å². The van der Waals surface area contributed by atoms with Crippen LogP contribution in [0.15, 0.2) is 18.2 Å². The second kappa shape index (κ2) is 8.14. The van der Waals surface area contributed by atoms with Crippen molar-refractivity contribution in [2.24, 2.45) is 11.8 Å². The number of halogens is 3. The van der Waals surface area contributed by atoms with Gasteiger partial charge in [0.25, 0.3) is 0 Å². The van der Waals surface area contributed by atoms with Crippen molar-refractivity contribution in [3.63, 3.8) is 0 Å². The van der Waals surface area contributed by atoms with Crippen molar-refractivity contribution >= 4 is 26.1 Å². The highest BCUT2D eigenvalue weighted by Gasteiger charge is 2.32. The van der Waals surface area contributed by atoms with Gasteiger partial charge in [0.15, 0.2) is 0 Å². The summed E-state index contributed by atoms with van der Waals surface area (Å²) in [5.74, 6) is 1.19. The third-order valence-corrected chi connectivity index (χ3v) is 6.26. The van der Waals surface area contributed by atoms with E-state index in [-0.39, 0.29) is 21.4 Å². The molecule has 0 amide bonds. The molecular weight excluding hydrogens is 373 g/mol. The average molecular weight is 397 g/mol. The first-order valence-corrected chi connectivity index (χ1v) is 11.9. The number of rotatable bonds is 8. The third-order valence-electron chi connectivity index (χ3n) is 5.06. The van der Waals surface area contributed by atoms with Crippen molar-refractivity contribution in [1.29, 1.82) is 0 Å². The van der Waals surface area contributed by atoms with E-state index in [4.69, 9.17) is 4.74 Å². The molecule has 0 atom stereocenters. The maximum absolute atomic E-state index is 13.0. The molecule has 0 N–H and O–H groups in total. The van der Waals surface area contributed by atoms with Gasteiger partial charge in [-0.15, -0.1) is 0 Å². The van der Waals surface area contributed by atoms with Gasteiger partial charge in [0.1, 0.15) is 18.8 Å². The summed E-state index contributed by atoms with van der Waals surface area (Å²) in [5.41, 5.74) is 0.300. The van der Waals surface area contributed by atoms with Gasteiger partial charge < -0.3 is 14.1 Å². The highest BCUT2D eigenvalue weighted by atomic mass is 28.3. The van der Waals surface area contributed by atoms with Crippen molar-refractivity contribution in [3.05, 3.63) is 29.6 Å². The molecule has 1 radical (unpaired) electrons. The molecule has 2 aromatic rings. The molecule has 147 valence electrons. The summed E-state index contributed by atoms with van der Waals surface area (Å²) in [6.07, 6.45) is -1.12. The van der Waals surface area contributed by atoms with Crippen LogP contribution in [0.3, 0.4) is 0 Å². The third kappa shape index (κ3) is 4.79. The van der Waals surface area contributed by atoms with Crippen LogP contribution in [-0.4, -0.2) is 31.2 Å². The lowest BCUT2D eigenvalue weighted by Gasteiger charge is -2.31. The van der Waals surface area contributed by atoms with Gasteiger partial charge in [-0.05, 0) is 43.0 Å². The zero-order valence-corrected chi connectivity index (χ0v) is 16.6. The minimum absolute atomic E-state index is 0.107. The van der Waals surface area contributed by atoms with Crippen LogP contribution in [0.1, 0.15) is 24.2 Å². The van der Waals surface area contributed by atoms with E-state index in [2.05, 4.69) is 18.1 Å². The van der Waals surface area contributed by atoms with Gasteiger partial charge in [-0.3, -0.25) is 0 Å². The van der Waals surface area contributed by atoms with Gasteiger partial charge in [0, 0.05) is 27.7 Å². The number of carbonyl (C=O) groups excluding carboxylic acids is 1. The van der Waals surface area contributed by atoms with Crippen molar-refractivity contribution in [3.8, 4) is 0 Å². The van der Waals surface area contributed by atoms with E-state index in [9.17, 15) is 18.0 Å². The summed E-state index contributed by atoms with van der Waals surface area (Å²) in [6.45, 7) is 5.35. The number of benzene rings is 1. The largest absolute Gasteiger partial charge is 0.416 e. The maximum Gasteiger partial charge on any atom is 0.416 e. The number of imidazole rings is 1. The first kappa shape index (κ1) is 20.1. The Bertz CT molecular complexity index is 798. The Kier molecular flexibility index (Phi) is 6.05. The summed E-state index contributed by atoms with van der Waals surface area (Å²) in [5, 5.41) is 0. The van der Waals surface area contributed by atoms with E-state index >= 15 is 0 Å². The molecule has 0 spiro atoms. The normalized spacial score (nSPS) is 20.2. The van der Waals surface area contributed by atoms with E-state index in [1.54, 1.807) is 0 Å². The lowest BCUT2D eigenvalue weighted by molar-refractivity contribution is -0.137. The van der Waals surface area contributed by atoms with Crippen LogP contribution in [0.4, 0.5) is 13.2 Å². The molecule has 0 unspecified atom stereocenters. The standard InChI is InChI=1S/C19H24F3N2O2Si/c1-27(2)6-5-26-12-24-17-4-3-15(19(20,21)22)10-16(17)23-18(24)9-13-7-14(8-13)11-25/h3-4,10-11,13-14H,5-9,12H2,1-2H3. The predicted molar refractivity (Wildman–Crippen MR) is 99.0 cm³/mol. The lowest BCUT2D eigenvalue weighted by atomic mass is 9.74. The van der Waals surface area contributed by atoms with Crippen LogP contribution in [0.2, 0.25) is 19.1 Å². The fourth-order valence-electron chi connectivity index (χ4n) is 3.41. The number of aldehydes is 1. The Morgan fingerprint density at radius 2 is 2.07 bits per heavy atom. The molecular formula is C19H24F3N2O2Si. The second-order valence-corrected chi connectivity index (χ2v) is 10.5. The van der Waals surface area contributed by atoms with Gasteiger partial charge in [0.2, 0.25) is 0 Å². The molecule has 1 aliphatic carbocycles. The average Bonchev–Trinajstić information content (AvgIpc) is 2.90. The van der Waals surface area contributed by atoms with Gasteiger partial charge in [-0.1, -0.05) is 13.1 Å². The predicted octanol–water partition coefficient (Wildman–Crippen LogP) is 4.55. The number of aromatic nitrogens is 2. The molecule has 1 aromatic heterocycles. The molecule has 1 fully saturated rings. The number of hydrogen-bond donors (Lipinski definition) is 0. The molecule has 0 aliphatic heterocycles. The molecule has 1 saturated carbocycles. The lowest BCUT2D eigenvalue weighted by Crippen LogP contribution is -2.27. The Morgan fingerprint density at radius 1 is 1.33 bits per heavy atom. The van der Waals surface area contributed by atoms with E-state index in [1.807, 2.05) is 4.57 Å². The van der Waals surface area contributed by atoms with Gasteiger partial charge in [-0.25, -0.2) is 4.98 Å². The molecule has 0 bridgehead atoms. The first-order valence-electron chi connectivity index (χ1n) is 9.16. The van der Waals surface area contributed by atoms with Crippen molar-refractivity contribution in [2.45, 2.75) is 51.3 Å². The fraction of sp³-hybridized carbons (Fsp3) is 0.579. The molecule has 1 heterocycles.